The van der Waals surface area contributed by atoms with Crippen molar-refractivity contribution >= 4 is 0 Å². The van der Waals surface area contributed by atoms with Gasteiger partial charge in [-0.25, -0.2) is 17.6 Å². The molecule has 3 atom stereocenters. The molecule has 0 aliphatic carbocycles. The number of halogens is 12. The van der Waals surface area contributed by atoms with Gasteiger partial charge in [0.2, 0.25) is 0 Å². The predicted octanol–water partition coefficient (Wildman–Crippen LogP) is 6.62. The average Bonchev–Trinajstić information content (AvgIpc) is 2.54. The monoisotopic (exact) mass is 442 g/mol. The molecule has 1 aliphatic heterocycles. The Balaban J connectivity index is 4.16. The van der Waals surface area contributed by atoms with E-state index in [0.29, 0.717) is 20.8 Å². The summed E-state index contributed by atoms with van der Waals surface area (Å²) < 4.78 is 173. The first-order valence-electron chi connectivity index (χ1n) is 7.68. The van der Waals surface area contributed by atoms with E-state index in [9.17, 15) is 43.9 Å². The summed E-state index contributed by atoms with van der Waals surface area (Å²) in [5.74, 6) is -32.0. The van der Waals surface area contributed by atoms with Gasteiger partial charge in [0, 0.05) is 10.8 Å². The predicted molar refractivity (Wildman–Crippen MR) is 72.4 cm³/mol. The van der Waals surface area contributed by atoms with Crippen molar-refractivity contribution < 1.29 is 57.4 Å². The molecule has 1 fully saturated rings. The topological polar surface area (TPSA) is 9.23 Å². The third kappa shape index (κ3) is 2.46. The Hall–Kier alpha value is -0.880. The van der Waals surface area contributed by atoms with Crippen molar-refractivity contribution in [2.45, 2.75) is 82.9 Å². The number of hydrogen-bond donors (Lipinski definition) is 0. The van der Waals surface area contributed by atoms with E-state index in [1.807, 2.05) is 0 Å². The van der Waals surface area contributed by atoms with Crippen molar-refractivity contribution in [1.29, 1.82) is 0 Å². The summed E-state index contributed by atoms with van der Waals surface area (Å²) in [7, 11) is 0. The zero-order chi connectivity index (χ0) is 23.2. The van der Waals surface area contributed by atoms with Gasteiger partial charge in [-0.2, -0.15) is 35.1 Å². The highest BCUT2D eigenvalue weighted by molar-refractivity contribution is 5.29. The molecule has 1 rings (SSSR count). The molecule has 0 aromatic heterocycles. The second kappa shape index (κ2) is 5.63. The van der Waals surface area contributed by atoms with Gasteiger partial charge in [-0.15, -0.1) is 0 Å². The summed E-state index contributed by atoms with van der Waals surface area (Å²) in [5, 5.41) is 0. The lowest BCUT2D eigenvalue weighted by atomic mass is 9.67. The molecule has 0 radical (unpaired) electrons. The molecule has 168 valence electrons. The second-order valence-corrected chi connectivity index (χ2v) is 8.67. The van der Waals surface area contributed by atoms with E-state index in [-0.39, 0.29) is 20.8 Å². The van der Waals surface area contributed by atoms with E-state index in [0.717, 1.165) is 0 Å². The fourth-order valence-corrected chi connectivity index (χ4v) is 2.67. The second-order valence-electron chi connectivity index (χ2n) is 8.67. The number of rotatable bonds is 2. The third-order valence-corrected chi connectivity index (χ3v) is 4.65. The Bertz CT molecular complexity index is 628. The first-order valence-corrected chi connectivity index (χ1v) is 7.68. The van der Waals surface area contributed by atoms with Crippen molar-refractivity contribution in [2.24, 2.45) is 10.8 Å². The van der Waals surface area contributed by atoms with E-state index in [4.69, 9.17) is 0 Å². The molecule has 0 amide bonds. The van der Waals surface area contributed by atoms with Crippen molar-refractivity contribution in [1.82, 2.24) is 0 Å². The van der Waals surface area contributed by atoms with Crippen LogP contribution >= 0.6 is 0 Å². The third-order valence-electron chi connectivity index (χ3n) is 4.65. The number of ether oxygens (including phenoxy) is 1. The minimum absolute atomic E-state index is 0.270. The molecule has 0 N–H and O–H groups in total. The Kier molecular flexibility index (Phi) is 5.06. The van der Waals surface area contributed by atoms with Crippen LogP contribution < -0.4 is 0 Å². The van der Waals surface area contributed by atoms with E-state index >= 15 is 8.78 Å². The van der Waals surface area contributed by atoms with Crippen LogP contribution in [0.4, 0.5) is 52.7 Å². The maximum Gasteiger partial charge on any atom is 0.455 e. The Morgan fingerprint density at radius 3 is 1.11 bits per heavy atom. The fourth-order valence-electron chi connectivity index (χ4n) is 2.67. The van der Waals surface area contributed by atoms with Gasteiger partial charge >= 0.3 is 35.4 Å². The largest absolute Gasteiger partial charge is 0.455 e. The van der Waals surface area contributed by atoms with Crippen LogP contribution in [0.25, 0.3) is 0 Å². The minimum Gasteiger partial charge on any atom is -0.288 e. The van der Waals surface area contributed by atoms with Crippen LogP contribution in [0.5, 0.6) is 0 Å². The molecular formula is C15H18F12O. The van der Waals surface area contributed by atoms with E-state index < -0.39 is 52.2 Å². The first-order chi connectivity index (χ1) is 11.7. The molecule has 1 nitrogen and oxygen atoms in total. The zero-order valence-corrected chi connectivity index (χ0v) is 15.4. The minimum atomic E-state index is -7.10. The first kappa shape index (κ1) is 25.2. The summed E-state index contributed by atoms with van der Waals surface area (Å²) in [6.07, 6.45) is -7.04. The fraction of sp³-hybridized carbons (Fsp3) is 1.00. The number of hydrogen-bond acceptors (Lipinski definition) is 1. The lowest BCUT2D eigenvalue weighted by molar-refractivity contribution is -0.419. The van der Waals surface area contributed by atoms with E-state index in [2.05, 4.69) is 4.74 Å². The van der Waals surface area contributed by atoms with Crippen LogP contribution in [0.3, 0.4) is 0 Å². The molecule has 1 saturated heterocycles. The zero-order valence-electron chi connectivity index (χ0n) is 15.4. The van der Waals surface area contributed by atoms with Crippen LogP contribution in [-0.2, 0) is 4.74 Å². The Morgan fingerprint density at radius 2 is 0.857 bits per heavy atom. The van der Waals surface area contributed by atoms with Gasteiger partial charge in [-0.1, -0.05) is 41.5 Å². The molecule has 13 heteroatoms. The van der Waals surface area contributed by atoms with Crippen LogP contribution in [0.15, 0.2) is 0 Å². The van der Waals surface area contributed by atoms with Gasteiger partial charge in [0.25, 0.3) is 5.92 Å². The molecule has 0 spiro atoms. The molecule has 0 bridgehead atoms. The normalized spacial score (nSPS) is 35.4. The van der Waals surface area contributed by atoms with Crippen LogP contribution in [-0.4, -0.2) is 41.3 Å². The van der Waals surface area contributed by atoms with Gasteiger partial charge in [-0.05, 0) is 0 Å². The van der Waals surface area contributed by atoms with Gasteiger partial charge in [0.1, 0.15) is 0 Å². The summed E-state index contributed by atoms with van der Waals surface area (Å²) >= 11 is 0. The van der Waals surface area contributed by atoms with Gasteiger partial charge < -0.3 is 0 Å². The lowest BCUT2D eigenvalue weighted by Crippen LogP contribution is -2.75. The van der Waals surface area contributed by atoms with Gasteiger partial charge in [0.05, 0.1) is 0 Å². The highest BCUT2D eigenvalue weighted by atomic mass is 19.4. The quantitative estimate of drug-likeness (QED) is 0.437. The molecule has 0 saturated carbocycles. The molecule has 28 heavy (non-hydrogen) atoms. The maximum atomic E-state index is 15.2. The average molecular weight is 442 g/mol. The van der Waals surface area contributed by atoms with Crippen molar-refractivity contribution in [3.05, 3.63) is 0 Å². The molecule has 1 aliphatic rings. The molecule has 1 heterocycles. The molecule has 3 unspecified atom stereocenters. The number of alkyl halides is 12. The van der Waals surface area contributed by atoms with Crippen LogP contribution in [0.2, 0.25) is 0 Å². The SMILES string of the molecule is CC(C)(C)C(F)(F)C1(F)OC(F)(C(F)(F)F)C(F)(F)C1(F)C(F)(F)C(C)(C)C. The highest BCUT2D eigenvalue weighted by Gasteiger charge is 3.03. The van der Waals surface area contributed by atoms with Gasteiger partial charge in [0.15, 0.2) is 0 Å². The molecule has 0 aromatic rings. The summed E-state index contributed by atoms with van der Waals surface area (Å²) in [6.45, 7) is 1.80. The lowest BCUT2D eigenvalue weighted by Gasteiger charge is -2.49. The van der Waals surface area contributed by atoms with E-state index in [1.165, 1.54) is 0 Å². The van der Waals surface area contributed by atoms with Crippen molar-refractivity contribution in [3.63, 3.8) is 0 Å². The summed E-state index contributed by atoms with van der Waals surface area (Å²) in [4.78, 5) is 0. The summed E-state index contributed by atoms with van der Waals surface area (Å²) in [6, 6.07) is 0. The van der Waals surface area contributed by atoms with Crippen molar-refractivity contribution in [3.8, 4) is 0 Å². The van der Waals surface area contributed by atoms with Crippen molar-refractivity contribution in [2.75, 3.05) is 0 Å². The smallest absolute Gasteiger partial charge is 0.288 e. The van der Waals surface area contributed by atoms with E-state index in [1.54, 1.807) is 0 Å². The summed E-state index contributed by atoms with van der Waals surface area (Å²) in [5.41, 5.74) is -12.9. The molecular weight excluding hydrogens is 424 g/mol. The van der Waals surface area contributed by atoms with Crippen LogP contribution in [0, 0.1) is 10.8 Å². The molecule has 0 aromatic carbocycles. The highest BCUT2D eigenvalue weighted by Crippen LogP contribution is 2.74. The van der Waals surface area contributed by atoms with Crippen LogP contribution in [0.1, 0.15) is 41.5 Å². The van der Waals surface area contributed by atoms with Gasteiger partial charge in [-0.3, -0.25) is 4.74 Å². The Labute approximate surface area is 152 Å². The maximum absolute atomic E-state index is 15.2. The Morgan fingerprint density at radius 1 is 0.536 bits per heavy atom. The standard InChI is InChI=1S/C15H18F12O/c1-7(2,3)10(17,18)9(16)12(21,22)14(24,15(25,26)27)28-13(9,23)11(19,20)8(4,5)6/h1-6H3.